The third-order valence-electron chi connectivity index (χ3n) is 2.59. The molecule has 2 aromatic carbocycles. The number of nitrogens with one attached hydrogen (secondary N) is 1. The zero-order valence-corrected chi connectivity index (χ0v) is 11.6. The van der Waals surface area contributed by atoms with E-state index in [1.165, 1.54) is 13.0 Å². The molecule has 106 valence electrons. The minimum Gasteiger partial charge on any atom is -0.427 e. The number of esters is 1. The van der Waals surface area contributed by atoms with Gasteiger partial charge < -0.3 is 10.1 Å². The zero-order valence-electron chi connectivity index (χ0n) is 11.6. The van der Waals surface area contributed by atoms with E-state index in [0.717, 1.165) is 11.3 Å². The van der Waals surface area contributed by atoms with Crippen LogP contribution in [0.4, 0.5) is 5.69 Å². The van der Waals surface area contributed by atoms with Crippen LogP contribution in [0.1, 0.15) is 12.5 Å². The summed E-state index contributed by atoms with van der Waals surface area (Å²) >= 11 is 0. The predicted octanol–water partition coefficient (Wildman–Crippen LogP) is 3.26. The van der Waals surface area contributed by atoms with Crippen LogP contribution in [0.2, 0.25) is 0 Å². The molecule has 0 bridgehead atoms. The Bertz CT molecular complexity index is 663. The minimum atomic E-state index is -0.377. The molecule has 0 atom stereocenters. The van der Waals surface area contributed by atoms with E-state index in [1.807, 2.05) is 36.4 Å². The summed E-state index contributed by atoms with van der Waals surface area (Å²) in [6.07, 6.45) is 3.09. The van der Waals surface area contributed by atoms with Gasteiger partial charge in [0.1, 0.15) is 5.75 Å². The first-order valence-corrected chi connectivity index (χ1v) is 6.46. The Labute approximate surface area is 123 Å². The Morgan fingerprint density at radius 2 is 1.81 bits per heavy atom. The zero-order chi connectivity index (χ0) is 15.1. The summed E-state index contributed by atoms with van der Waals surface area (Å²) in [5.74, 6) is -0.148. The van der Waals surface area contributed by atoms with Crippen LogP contribution < -0.4 is 10.1 Å². The molecule has 0 spiro atoms. The Balaban J connectivity index is 2.00. The number of ether oxygens (including phenoxy) is 1. The van der Waals surface area contributed by atoms with Crippen LogP contribution in [0.5, 0.6) is 5.75 Å². The summed E-state index contributed by atoms with van der Waals surface area (Å²) in [5, 5.41) is 2.75. The monoisotopic (exact) mass is 281 g/mol. The molecule has 0 aliphatic carbocycles. The largest absolute Gasteiger partial charge is 0.427 e. The van der Waals surface area contributed by atoms with E-state index >= 15 is 0 Å². The summed E-state index contributed by atoms with van der Waals surface area (Å²) in [5.41, 5.74) is 1.51. The van der Waals surface area contributed by atoms with E-state index in [9.17, 15) is 9.59 Å². The van der Waals surface area contributed by atoms with Gasteiger partial charge in [-0.05, 0) is 35.9 Å². The summed E-state index contributed by atoms with van der Waals surface area (Å²) in [6.45, 7) is 1.34. The Kier molecular flexibility index (Phi) is 4.88. The van der Waals surface area contributed by atoms with Crippen molar-refractivity contribution in [3.63, 3.8) is 0 Å². The van der Waals surface area contributed by atoms with E-state index in [1.54, 1.807) is 24.3 Å². The molecule has 0 radical (unpaired) electrons. The molecule has 4 nitrogen and oxygen atoms in total. The van der Waals surface area contributed by atoms with Crippen molar-refractivity contribution in [2.75, 3.05) is 5.32 Å². The Hall–Kier alpha value is -2.88. The van der Waals surface area contributed by atoms with Gasteiger partial charge >= 0.3 is 5.97 Å². The van der Waals surface area contributed by atoms with Gasteiger partial charge in [-0.3, -0.25) is 9.59 Å². The van der Waals surface area contributed by atoms with Gasteiger partial charge in [-0.25, -0.2) is 0 Å². The van der Waals surface area contributed by atoms with E-state index in [0.29, 0.717) is 5.75 Å². The number of rotatable bonds is 4. The molecule has 1 amide bonds. The fourth-order valence-electron chi connectivity index (χ4n) is 1.72. The quantitative estimate of drug-likeness (QED) is 0.531. The number of carbonyl (C=O) groups excluding carboxylic acids is 2. The maximum atomic E-state index is 11.8. The van der Waals surface area contributed by atoms with Crippen molar-refractivity contribution < 1.29 is 14.3 Å². The Morgan fingerprint density at radius 3 is 2.52 bits per heavy atom. The molecule has 1 N–H and O–H groups in total. The van der Waals surface area contributed by atoms with Crippen molar-refractivity contribution in [3.8, 4) is 5.75 Å². The molecule has 0 heterocycles. The second kappa shape index (κ2) is 7.05. The molecule has 0 aromatic heterocycles. The van der Waals surface area contributed by atoms with Gasteiger partial charge in [-0.1, -0.05) is 30.3 Å². The first kappa shape index (κ1) is 14.5. The van der Waals surface area contributed by atoms with E-state index in [2.05, 4.69) is 5.32 Å². The van der Waals surface area contributed by atoms with Crippen LogP contribution in [0.3, 0.4) is 0 Å². The molecular formula is C17H15NO3. The highest BCUT2D eigenvalue weighted by Gasteiger charge is 1.99. The smallest absolute Gasteiger partial charge is 0.308 e. The molecular weight excluding hydrogens is 266 g/mol. The van der Waals surface area contributed by atoms with E-state index < -0.39 is 0 Å². The van der Waals surface area contributed by atoms with Gasteiger partial charge in [0.2, 0.25) is 5.91 Å². The van der Waals surface area contributed by atoms with Crippen molar-refractivity contribution in [2.24, 2.45) is 0 Å². The number of hydrogen-bond donors (Lipinski definition) is 1. The van der Waals surface area contributed by atoms with Gasteiger partial charge in [0.05, 0.1) is 0 Å². The standard InChI is InChI=1S/C17H15NO3/c1-13(19)21-16-9-5-6-14(12-16)10-11-17(20)18-15-7-3-2-4-8-15/h2-12H,1H3,(H,18,20)/b11-10+. The van der Waals surface area contributed by atoms with Crippen LogP contribution in [-0.4, -0.2) is 11.9 Å². The van der Waals surface area contributed by atoms with Crippen LogP contribution in [0, 0.1) is 0 Å². The number of benzene rings is 2. The van der Waals surface area contributed by atoms with E-state index in [-0.39, 0.29) is 11.9 Å². The first-order chi connectivity index (χ1) is 10.1. The second-order valence-corrected chi connectivity index (χ2v) is 4.35. The SMILES string of the molecule is CC(=O)Oc1cccc(/C=C/C(=O)Nc2ccccc2)c1. The van der Waals surface area contributed by atoms with Crippen molar-refractivity contribution in [1.82, 2.24) is 0 Å². The molecule has 0 unspecified atom stereocenters. The lowest BCUT2D eigenvalue weighted by molar-refractivity contribution is -0.131. The molecule has 0 fully saturated rings. The number of para-hydroxylation sites is 1. The van der Waals surface area contributed by atoms with Gasteiger partial charge in [0.25, 0.3) is 0 Å². The van der Waals surface area contributed by atoms with E-state index in [4.69, 9.17) is 4.74 Å². The molecule has 0 aliphatic rings. The molecule has 0 saturated heterocycles. The van der Waals surface area contributed by atoms with Crippen LogP contribution in [0.15, 0.2) is 60.7 Å². The summed E-state index contributed by atoms with van der Waals surface area (Å²) in [6, 6.07) is 16.2. The van der Waals surface area contributed by atoms with Crippen LogP contribution in [0.25, 0.3) is 6.08 Å². The normalized spacial score (nSPS) is 10.3. The van der Waals surface area contributed by atoms with Gasteiger partial charge in [0.15, 0.2) is 0 Å². The second-order valence-electron chi connectivity index (χ2n) is 4.35. The Morgan fingerprint density at radius 1 is 1.05 bits per heavy atom. The lowest BCUT2D eigenvalue weighted by atomic mass is 10.2. The van der Waals surface area contributed by atoms with Crippen molar-refractivity contribution in [2.45, 2.75) is 6.92 Å². The molecule has 0 aliphatic heterocycles. The fraction of sp³-hybridized carbons (Fsp3) is 0.0588. The lowest BCUT2D eigenvalue weighted by Crippen LogP contribution is -2.07. The van der Waals surface area contributed by atoms with Gasteiger partial charge in [-0.15, -0.1) is 0 Å². The topological polar surface area (TPSA) is 55.4 Å². The van der Waals surface area contributed by atoms with Gasteiger partial charge in [-0.2, -0.15) is 0 Å². The highest BCUT2D eigenvalue weighted by atomic mass is 16.5. The van der Waals surface area contributed by atoms with Crippen molar-refractivity contribution in [3.05, 3.63) is 66.2 Å². The fourth-order valence-corrected chi connectivity index (χ4v) is 1.72. The first-order valence-electron chi connectivity index (χ1n) is 6.46. The predicted molar refractivity (Wildman–Crippen MR) is 81.9 cm³/mol. The minimum absolute atomic E-state index is 0.223. The summed E-state index contributed by atoms with van der Waals surface area (Å²) in [4.78, 5) is 22.7. The third-order valence-corrected chi connectivity index (χ3v) is 2.59. The maximum Gasteiger partial charge on any atom is 0.308 e. The maximum absolute atomic E-state index is 11.8. The molecule has 2 aromatic rings. The molecule has 4 heteroatoms. The number of hydrogen-bond acceptors (Lipinski definition) is 3. The van der Waals surface area contributed by atoms with Crippen LogP contribution >= 0.6 is 0 Å². The molecule has 0 saturated carbocycles. The summed E-state index contributed by atoms with van der Waals surface area (Å²) < 4.78 is 4.98. The average Bonchev–Trinajstić information content (AvgIpc) is 2.46. The number of amides is 1. The number of carbonyl (C=O) groups is 2. The highest BCUT2D eigenvalue weighted by molar-refractivity contribution is 6.01. The van der Waals surface area contributed by atoms with Gasteiger partial charge in [0, 0.05) is 18.7 Å². The van der Waals surface area contributed by atoms with Crippen molar-refractivity contribution in [1.29, 1.82) is 0 Å². The van der Waals surface area contributed by atoms with Crippen LogP contribution in [-0.2, 0) is 9.59 Å². The van der Waals surface area contributed by atoms with Crippen molar-refractivity contribution >= 4 is 23.6 Å². The molecule has 2 rings (SSSR count). The lowest BCUT2D eigenvalue weighted by Gasteiger charge is -2.02. The average molecular weight is 281 g/mol. The molecule has 21 heavy (non-hydrogen) atoms. The number of anilines is 1. The summed E-state index contributed by atoms with van der Waals surface area (Å²) in [7, 11) is 0. The highest BCUT2D eigenvalue weighted by Crippen LogP contribution is 2.14. The third kappa shape index (κ3) is 4.95.